The molecule has 2 aromatic carbocycles. The average Bonchev–Trinajstić information content (AvgIpc) is 3.52. The Morgan fingerprint density at radius 3 is 2.50 bits per heavy atom. The number of ether oxygens (including phenoxy) is 1. The van der Waals surface area contributed by atoms with E-state index >= 15 is 0 Å². The first-order valence-electron chi connectivity index (χ1n) is 9.24. The summed E-state index contributed by atoms with van der Waals surface area (Å²) in [6.45, 7) is 1.48. The highest BCUT2D eigenvalue weighted by Gasteiger charge is 2.22. The van der Waals surface area contributed by atoms with Gasteiger partial charge in [0.25, 0.3) is 0 Å². The molecule has 7 heteroatoms. The van der Waals surface area contributed by atoms with Gasteiger partial charge in [0.1, 0.15) is 5.75 Å². The Morgan fingerprint density at radius 2 is 1.79 bits per heavy atom. The number of hydrogen-bond donors (Lipinski definition) is 3. The van der Waals surface area contributed by atoms with Crippen molar-refractivity contribution in [2.24, 2.45) is 10.9 Å². The van der Waals surface area contributed by atoms with Gasteiger partial charge in [-0.25, -0.2) is 0 Å². The molecule has 1 fully saturated rings. The van der Waals surface area contributed by atoms with E-state index in [9.17, 15) is 4.79 Å². The molecule has 0 aromatic heterocycles. The summed E-state index contributed by atoms with van der Waals surface area (Å²) in [5.74, 6) is 2.05. The van der Waals surface area contributed by atoms with Crippen molar-refractivity contribution in [2.45, 2.75) is 19.4 Å². The summed E-state index contributed by atoms with van der Waals surface area (Å²) in [6.07, 6.45) is 2.53. The van der Waals surface area contributed by atoms with Crippen molar-refractivity contribution in [1.29, 1.82) is 0 Å². The average molecular weight is 494 g/mol. The Labute approximate surface area is 183 Å². The maximum atomic E-state index is 12.0. The van der Waals surface area contributed by atoms with Crippen LogP contribution in [0.1, 0.15) is 18.4 Å². The van der Waals surface area contributed by atoms with Gasteiger partial charge in [-0.2, -0.15) is 0 Å². The molecular weight excluding hydrogens is 467 g/mol. The van der Waals surface area contributed by atoms with Crippen LogP contribution in [0.25, 0.3) is 0 Å². The zero-order valence-corrected chi connectivity index (χ0v) is 18.3. The van der Waals surface area contributed by atoms with Crippen LogP contribution in [0.4, 0.5) is 5.69 Å². The van der Waals surface area contributed by atoms with Crippen LogP contribution in [-0.4, -0.2) is 32.1 Å². The van der Waals surface area contributed by atoms with Gasteiger partial charge in [-0.05, 0) is 37.0 Å². The lowest BCUT2D eigenvalue weighted by molar-refractivity contribution is -0.115. The van der Waals surface area contributed by atoms with Crippen molar-refractivity contribution in [3.8, 4) is 5.75 Å². The number of halogens is 1. The summed E-state index contributed by atoms with van der Waals surface area (Å²) in [4.78, 5) is 16.2. The predicted molar refractivity (Wildman–Crippen MR) is 123 cm³/mol. The van der Waals surface area contributed by atoms with Crippen molar-refractivity contribution < 1.29 is 9.53 Å². The second-order valence-corrected chi connectivity index (χ2v) is 6.56. The number of carbonyl (C=O) groups is 1. The van der Waals surface area contributed by atoms with Crippen LogP contribution >= 0.6 is 24.0 Å². The van der Waals surface area contributed by atoms with Gasteiger partial charge in [0, 0.05) is 24.8 Å². The van der Waals surface area contributed by atoms with E-state index in [-0.39, 0.29) is 36.4 Å². The number of benzene rings is 2. The number of para-hydroxylation sites is 2. The molecule has 1 amide bonds. The highest BCUT2D eigenvalue weighted by molar-refractivity contribution is 14.0. The van der Waals surface area contributed by atoms with Crippen LogP contribution in [0.3, 0.4) is 0 Å². The molecule has 1 aliphatic rings. The molecule has 0 bridgehead atoms. The fraction of sp³-hybridized carbons (Fsp3) is 0.333. The lowest BCUT2D eigenvalue weighted by Crippen LogP contribution is -2.41. The minimum atomic E-state index is -0.127. The second-order valence-electron chi connectivity index (χ2n) is 6.56. The van der Waals surface area contributed by atoms with E-state index in [4.69, 9.17) is 4.74 Å². The molecule has 3 N–H and O–H groups in total. The number of rotatable bonds is 8. The highest BCUT2D eigenvalue weighted by Crippen LogP contribution is 2.30. The molecule has 0 atom stereocenters. The maximum Gasteiger partial charge on any atom is 0.243 e. The van der Waals surface area contributed by atoms with Crippen molar-refractivity contribution >= 4 is 41.5 Å². The van der Waals surface area contributed by atoms with Gasteiger partial charge in [0.2, 0.25) is 5.91 Å². The number of amides is 1. The monoisotopic (exact) mass is 494 g/mol. The van der Waals surface area contributed by atoms with E-state index in [1.54, 1.807) is 7.05 Å². The van der Waals surface area contributed by atoms with E-state index in [0.717, 1.165) is 23.6 Å². The minimum Gasteiger partial charge on any atom is -0.493 e. The van der Waals surface area contributed by atoms with E-state index in [0.29, 0.717) is 18.4 Å². The Morgan fingerprint density at radius 1 is 1.07 bits per heavy atom. The predicted octanol–water partition coefficient (Wildman–Crippen LogP) is 3.40. The van der Waals surface area contributed by atoms with Gasteiger partial charge in [0.05, 0.1) is 13.2 Å². The molecule has 2 aromatic rings. The third kappa shape index (κ3) is 7.38. The SMILES string of the molecule is CN=C(NCC(=O)Nc1ccccc1)NCc1ccccc1OCC1CC1.I. The molecule has 0 heterocycles. The van der Waals surface area contributed by atoms with Crippen molar-refractivity contribution in [3.63, 3.8) is 0 Å². The van der Waals surface area contributed by atoms with Gasteiger partial charge >= 0.3 is 0 Å². The molecular formula is C21H27IN4O2. The third-order valence-electron chi connectivity index (χ3n) is 4.29. The third-order valence-corrected chi connectivity index (χ3v) is 4.29. The van der Waals surface area contributed by atoms with Crippen LogP contribution in [0.5, 0.6) is 5.75 Å². The summed E-state index contributed by atoms with van der Waals surface area (Å²) >= 11 is 0. The molecule has 0 radical (unpaired) electrons. The minimum absolute atomic E-state index is 0. The van der Waals surface area contributed by atoms with Crippen LogP contribution in [0, 0.1) is 5.92 Å². The summed E-state index contributed by atoms with van der Waals surface area (Å²) in [6, 6.07) is 17.4. The topological polar surface area (TPSA) is 74.8 Å². The number of anilines is 1. The molecule has 28 heavy (non-hydrogen) atoms. The summed E-state index contributed by atoms with van der Waals surface area (Å²) in [5.41, 5.74) is 1.84. The van der Waals surface area contributed by atoms with E-state index in [1.807, 2.05) is 54.6 Å². The largest absolute Gasteiger partial charge is 0.493 e. The molecule has 1 aliphatic carbocycles. The molecule has 0 spiro atoms. The quantitative estimate of drug-likeness (QED) is 0.299. The summed E-state index contributed by atoms with van der Waals surface area (Å²) in [5, 5.41) is 9.09. The van der Waals surface area contributed by atoms with Gasteiger partial charge < -0.3 is 20.7 Å². The summed E-state index contributed by atoms with van der Waals surface area (Å²) < 4.78 is 5.93. The molecule has 150 valence electrons. The van der Waals surface area contributed by atoms with Crippen molar-refractivity contribution in [3.05, 3.63) is 60.2 Å². The molecule has 6 nitrogen and oxygen atoms in total. The lowest BCUT2D eigenvalue weighted by atomic mass is 10.2. The van der Waals surface area contributed by atoms with Crippen molar-refractivity contribution in [2.75, 3.05) is 25.5 Å². The zero-order chi connectivity index (χ0) is 18.9. The van der Waals surface area contributed by atoms with E-state index in [1.165, 1.54) is 12.8 Å². The van der Waals surface area contributed by atoms with E-state index in [2.05, 4.69) is 20.9 Å². The first-order chi connectivity index (χ1) is 13.2. The van der Waals surface area contributed by atoms with Crippen LogP contribution < -0.4 is 20.7 Å². The second kappa shape index (κ2) is 11.5. The Balaban J connectivity index is 0.00000280. The standard InChI is InChI=1S/C21H26N4O2.HI/c1-22-21(24-14-20(26)25-18-8-3-2-4-9-18)23-13-17-7-5-6-10-19(17)27-15-16-11-12-16;/h2-10,16H,11-15H2,1H3,(H,25,26)(H2,22,23,24);1H. The molecule has 0 saturated heterocycles. The molecule has 1 saturated carbocycles. The van der Waals surface area contributed by atoms with E-state index < -0.39 is 0 Å². The van der Waals surface area contributed by atoms with Gasteiger partial charge in [-0.15, -0.1) is 24.0 Å². The fourth-order valence-electron chi connectivity index (χ4n) is 2.57. The number of guanidine groups is 1. The number of hydrogen-bond acceptors (Lipinski definition) is 3. The van der Waals surface area contributed by atoms with Gasteiger partial charge in [0.15, 0.2) is 5.96 Å². The number of carbonyl (C=O) groups excluding carboxylic acids is 1. The molecule has 0 unspecified atom stereocenters. The first kappa shape index (κ1) is 22.0. The molecule has 3 rings (SSSR count). The number of nitrogens with one attached hydrogen (secondary N) is 3. The zero-order valence-electron chi connectivity index (χ0n) is 16.0. The number of aliphatic imine (C=N–C) groups is 1. The summed E-state index contributed by atoms with van der Waals surface area (Å²) in [7, 11) is 1.68. The maximum absolute atomic E-state index is 12.0. The lowest BCUT2D eigenvalue weighted by Gasteiger charge is -2.15. The van der Waals surface area contributed by atoms with Crippen LogP contribution in [0.15, 0.2) is 59.6 Å². The smallest absolute Gasteiger partial charge is 0.243 e. The van der Waals surface area contributed by atoms with Crippen LogP contribution in [0.2, 0.25) is 0 Å². The van der Waals surface area contributed by atoms with Gasteiger partial charge in [-0.3, -0.25) is 9.79 Å². The highest BCUT2D eigenvalue weighted by atomic mass is 127. The molecule has 0 aliphatic heterocycles. The fourth-order valence-corrected chi connectivity index (χ4v) is 2.57. The normalized spacial score (nSPS) is 13.2. The van der Waals surface area contributed by atoms with Crippen LogP contribution in [-0.2, 0) is 11.3 Å². The van der Waals surface area contributed by atoms with Crippen molar-refractivity contribution in [1.82, 2.24) is 10.6 Å². The Bertz CT molecular complexity index is 779. The Hall–Kier alpha value is -2.29. The number of nitrogens with zero attached hydrogens (tertiary/aromatic N) is 1. The Kier molecular flexibility index (Phi) is 9.06. The first-order valence-corrected chi connectivity index (χ1v) is 9.24. The van der Waals surface area contributed by atoms with Gasteiger partial charge in [-0.1, -0.05) is 36.4 Å².